The maximum atomic E-state index is 4.16. The SMILES string of the molecule is c1ccc2c(c1)CCc1cnccc1N2. The lowest BCUT2D eigenvalue weighted by Gasteiger charge is -2.08. The molecule has 0 bridgehead atoms. The first-order valence-electron chi connectivity index (χ1n) is 5.21. The van der Waals surface area contributed by atoms with Crippen LogP contribution < -0.4 is 5.32 Å². The topological polar surface area (TPSA) is 24.9 Å². The summed E-state index contributed by atoms with van der Waals surface area (Å²) in [6.45, 7) is 0. The van der Waals surface area contributed by atoms with Gasteiger partial charge in [0.25, 0.3) is 0 Å². The van der Waals surface area contributed by atoms with Crippen LogP contribution in [0, 0.1) is 0 Å². The van der Waals surface area contributed by atoms with E-state index in [1.54, 1.807) is 0 Å². The van der Waals surface area contributed by atoms with Crippen molar-refractivity contribution in [2.24, 2.45) is 0 Å². The first-order chi connectivity index (χ1) is 7.43. The molecule has 74 valence electrons. The summed E-state index contributed by atoms with van der Waals surface area (Å²) in [5, 5.41) is 3.46. The average Bonchev–Trinajstić information content (AvgIpc) is 2.48. The summed E-state index contributed by atoms with van der Waals surface area (Å²) in [4.78, 5) is 4.16. The summed E-state index contributed by atoms with van der Waals surface area (Å²) in [5.74, 6) is 0. The van der Waals surface area contributed by atoms with Gasteiger partial charge in [0, 0.05) is 23.8 Å². The third-order valence-electron chi connectivity index (χ3n) is 2.85. The number of rotatable bonds is 0. The zero-order chi connectivity index (χ0) is 10.1. The number of aromatic nitrogens is 1. The molecule has 1 aliphatic heterocycles. The number of nitrogens with zero attached hydrogens (tertiary/aromatic N) is 1. The Morgan fingerprint density at radius 3 is 2.73 bits per heavy atom. The molecule has 2 nitrogen and oxygen atoms in total. The highest BCUT2D eigenvalue weighted by Crippen LogP contribution is 2.28. The summed E-state index contributed by atoms with van der Waals surface area (Å²) >= 11 is 0. The molecule has 0 saturated heterocycles. The van der Waals surface area contributed by atoms with Gasteiger partial charge in [0.2, 0.25) is 0 Å². The van der Waals surface area contributed by atoms with Gasteiger partial charge in [-0.25, -0.2) is 0 Å². The normalized spacial score (nSPS) is 13.3. The fourth-order valence-corrected chi connectivity index (χ4v) is 2.02. The van der Waals surface area contributed by atoms with Crippen LogP contribution in [-0.4, -0.2) is 4.98 Å². The second kappa shape index (κ2) is 3.39. The predicted molar refractivity (Wildman–Crippen MR) is 61.4 cm³/mol. The van der Waals surface area contributed by atoms with Crippen molar-refractivity contribution in [2.75, 3.05) is 5.32 Å². The Balaban J connectivity index is 2.10. The number of hydrogen-bond donors (Lipinski definition) is 1. The summed E-state index contributed by atoms with van der Waals surface area (Å²) in [5.41, 5.74) is 5.10. The molecular weight excluding hydrogens is 184 g/mol. The highest BCUT2D eigenvalue weighted by atomic mass is 14.9. The molecule has 1 aromatic carbocycles. The van der Waals surface area contributed by atoms with Gasteiger partial charge in [0.15, 0.2) is 0 Å². The first kappa shape index (κ1) is 8.48. The molecule has 0 atom stereocenters. The quantitative estimate of drug-likeness (QED) is 0.700. The smallest absolute Gasteiger partial charge is 0.0447 e. The number of pyridine rings is 1. The molecule has 0 fully saturated rings. The van der Waals surface area contributed by atoms with Crippen molar-refractivity contribution < 1.29 is 0 Å². The molecule has 1 aromatic heterocycles. The first-order valence-corrected chi connectivity index (χ1v) is 5.21. The number of para-hydroxylation sites is 1. The highest BCUT2D eigenvalue weighted by molar-refractivity contribution is 5.67. The number of aryl methyl sites for hydroxylation is 2. The maximum Gasteiger partial charge on any atom is 0.0447 e. The third-order valence-corrected chi connectivity index (χ3v) is 2.85. The van der Waals surface area contributed by atoms with Gasteiger partial charge in [0.05, 0.1) is 0 Å². The van der Waals surface area contributed by atoms with E-state index in [9.17, 15) is 0 Å². The van der Waals surface area contributed by atoms with E-state index in [1.165, 1.54) is 22.5 Å². The summed E-state index contributed by atoms with van der Waals surface area (Å²) in [6, 6.07) is 10.5. The van der Waals surface area contributed by atoms with E-state index in [4.69, 9.17) is 0 Å². The van der Waals surface area contributed by atoms with Crippen molar-refractivity contribution in [3.8, 4) is 0 Å². The van der Waals surface area contributed by atoms with Crippen LogP contribution in [0.1, 0.15) is 11.1 Å². The van der Waals surface area contributed by atoms with Crippen LogP contribution in [0.2, 0.25) is 0 Å². The van der Waals surface area contributed by atoms with Crippen LogP contribution in [-0.2, 0) is 12.8 Å². The zero-order valence-electron chi connectivity index (χ0n) is 8.40. The van der Waals surface area contributed by atoms with Crippen LogP contribution >= 0.6 is 0 Å². The van der Waals surface area contributed by atoms with Gasteiger partial charge in [-0.05, 0) is 36.1 Å². The van der Waals surface area contributed by atoms with Gasteiger partial charge < -0.3 is 5.32 Å². The van der Waals surface area contributed by atoms with E-state index in [-0.39, 0.29) is 0 Å². The Bertz CT molecular complexity index is 446. The average molecular weight is 196 g/mol. The van der Waals surface area contributed by atoms with Crippen LogP contribution in [0.25, 0.3) is 0 Å². The van der Waals surface area contributed by atoms with E-state index in [0.29, 0.717) is 0 Å². The molecule has 0 saturated carbocycles. The van der Waals surface area contributed by atoms with E-state index >= 15 is 0 Å². The number of hydrogen-bond acceptors (Lipinski definition) is 2. The summed E-state index contributed by atoms with van der Waals surface area (Å²) in [6.07, 6.45) is 5.93. The van der Waals surface area contributed by atoms with Crippen LogP contribution in [0.5, 0.6) is 0 Å². The Morgan fingerprint density at radius 1 is 0.933 bits per heavy atom. The molecule has 1 N–H and O–H groups in total. The van der Waals surface area contributed by atoms with Gasteiger partial charge in [-0.3, -0.25) is 4.98 Å². The minimum absolute atomic E-state index is 1.06. The zero-order valence-corrected chi connectivity index (χ0v) is 8.40. The number of benzene rings is 1. The van der Waals surface area contributed by atoms with E-state index in [2.05, 4.69) is 34.6 Å². The summed E-state index contributed by atoms with van der Waals surface area (Å²) < 4.78 is 0. The second-order valence-corrected chi connectivity index (χ2v) is 3.81. The minimum Gasteiger partial charge on any atom is -0.355 e. The largest absolute Gasteiger partial charge is 0.355 e. The van der Waals surface area contributed by atoms with Crippen molar-refractivity contribution in [3.05, 3.63) is 53.9 Å². The minimum atomic E-state index is 1.06. The van der Waals surface area contributed by atoms with Crippen molar-refractivity contribution in [2.45, 2.75) is 12.8 Å². The van der Waals surface area contributed by atoms with E-state index in [1.807, 2.05) is 18.5 Å². The molecule has 1 aliphatic rings. The van der Waals surface area contributed by atoms with Gasteiger partial charge >= 0.3 is 0 Å². The molecule has 15 heavy (non-hydrogen) atoms. The molecular formula is C13H12N2. The Labute approximate surface area is 89.0 Å². The molecule has 0 spiro atoms. The van der Waals surface area contributed by atoms with E-state index < -0.39 is 0 Å². The molecule has 3 rings (SSSR count). The predicted octanol–water partition coefficient (Wildman–Crippen LogP) is 2.92. The van der Waals surface area contributed by atoms with E-state index in [0.717, 1.165) is 12.8 Å². The monoisotopic (exact) mass is 196 g/mol. The molecule has 0 aliphatic carbocycles. The standard InChI is InChI=1S/C13H12N2/c1-2-4-12-10(3-1)5-6-11-9-14-8-7-13(11)15-12/h1-4,7-9,15H,5-6H2. The van der Waals surface area contributed by atoms with Crippen molar-refractivity contribution in [1.82, 2.24) is 4.98 Å². The van der Waals surface area contributed by atoms with Crippen molar-refractivity contribution >= 4 is 11.4 Å². The fourth-order valence-electron chi connectivity index (χ4n) is 2.02. The molecule has 2 aromatic rings. The number of anilines is 2. The van der Waals surface area contributed by atoms with Crippen LogP contribution in [0.15, 0.2) is 42.7 Å². The van der Waals surface area contributed by atoms with Crippen LogP contribution in [0.3, 0.4) is 0 Å². The van der Waals surface area contributed by atoms with Crippen molar-refractivity contribution in [1.29, 1.82) is 0 Å². The number of nitrogens with one attached hydrogen (secondary N) is 1. The highest BCUT2D eigenvalue weighted by Gasteiger charge is 2.11. The lowest BCUT2D eigenvalue weighted by Crippen LogP contribution is -1.93. The fraction of sp³-hybridized carbons (Fsp3) is 0.154. The Hall–Kier alpha value is -1.83. The van der Waals surface area contributed by atoms with Gasteiger partial charge in [-0.2, -0.15) is 0 Å². The Morgan fingerprint density at radius 2 is 1.73 bits per heavy atom. The lowest BCUT2D eigenvalue weighted by molar-refractivity contribution is 0.967. The second-order valence-electron chi connectivity index (χ2n) is 3.81. The van der Waals surface area contributed by atoms with Gasteiger partial charge in [-0.15, -0.1) is 0 Å². The molecule has 2 heterocycles. The maximum absolute atomic E-state index is 4.16. The third kappa shape index (κ3) is 1.48. The molecule has 0 radical (unpaired) electrons. The lowest BCUT2D eigenvalue weighted by atomic mass is 10.1. The number of fused-ring (bicyclic) bond motifs is 2. The van der Waals surface area contributed by atoms with Gasteiger partial charge in [-0.1, -0.05) is 18.2 Å². The van der Waals surface area contributed by atoms with Crippen LogP contribution in [0.4, 0.5) is 11.4 Å². The molecule has 0 unspecified atom stereocenters. The molecule has 0 amide bonds. The van der Waals surface area contributed by atoms with Crippen molar-refractivity contribution in [3.63, 3.8) is 0 Å². The Kier molecular flexibility index (Phi) is 1.91. The van der Waals surface area contributed by atoms with Gasteiger partial charge in [0.1, 0.15) is 0 Å². The summed E-state index contributed by atoms with van der Waals surface area (Å²) in [7, 11) is 0. The molecule has 2 heteroatoms.